The number of rotatable bonds is 12. The lowest BCUT2D eigenvalue weighted by Gasteiger charge is -2.26. The number of nitrogens with one attached hydrogen (secondary N) is 2. The topological polar surface area (TPSA) is 106 Å². The third-order valence-electron chi connectivity index (χ3n) is 6.92. The van der Waals surface area contributed by atoms with Gasteiger partial charge in [-0.05, 0) is 60.5 Å². The van der Waals surface area contributed by atoms with E-state index in [1.807, 2.05) is 72.8 Å². The molecule has 5 rings (SSSR count). The van der Waals surface area contributed by atoms with E-state index in [2.05, 4.69) is 39.8 Å². The second-order valence-electron chi connectivity index (χ2n) is 9.57. The number of H-pyrrole nitrogens is 1. The van der Waals surface area contributed by atoms with Crippen molar-refractivity contribution in [2.45, 2.75) is 39.2 Å². The van der Waals surface area contributed by atoms with Gasteiger partial charge in [0, 0.05) is 35.0 Å². The van der Waals surface area contributed by atoms with E-state index >= 15 is 0 Å². The lowest BCUT2D eigenvalue weighted by molar-refractivity contribution is 0.0982. The van der Waals surface area contributed by atoms with Gasteiger partial charge in [-0.25, -0.2) is 0 Å². The second kappa shape index (κ2) is 12.1. The number of halogens is 1. The molecule has 0 unspecified atom stereocenters. The van der Waals surface area contributed by atoms with Gasteiger partial charge in [0.05, 0.1) is 11.1 Å². The first-order valence-corrected chi connectivity index (χ1v) is 13.4. The Morgan fingerprint density at radius 1 is 1.10 bits per heavy atom. The molecular weight excluding hydrogens is 514 g/mol. The van der Waals surface area contributed by atoms with Crippen molar-refractivity contribution < 1.29 is 13.9 Å². The van der Waals surface area contributed by atoms with Crippen molar-refractivity contribution in [3.63, 3.8) is 0 Å². The summed E-state index contributed by atoms with van der Waals surface area (Å²) in [5, 5.41) is 18.9. The molecule has 2 atom stereocenters. The van der Waals surface area contributed by atoms with Crippen molar-refractivity contribution in [3.05, 3.63) is 89.2 Å². The SMILES string of the molecule is CC[C@H](C)[C@@H](COc1ccc(-c2cc3ccccc3o2)c(Cl)c1)Nc1ccc(C(=O)CCc2nn[nH]n2)cc1. The largest absolute Gasteiger partial charge is 0.491 e. The molecule has 2 aromatic heterocycles. The Bertz CT molecular complexity index is 1500. The van der Waals surface area contributed by atoms with E-state index in [-0.39, 0.29) is 11.8 Å². The molecule has 2 heterocycles. The van der Waals surface area contributed by atoms with Gasteiger partial charge < -0.3 is 14.5 Å². The number of nitrogens with zero attached hydrogens (tertiary/aromatic N) is 3. The van der Waals surface area contributed by atoms with Crippen LogP contribution in [0.15, 0.2) is 77.2 Å². The lowest BCUT2D eigenvalue weighted by atomic mass is 9.99. The summed E-state index contributed by atoms with van der Waals surface area (Å²) in [6, 6.07) is 23.1. The molecule has 0 bridgehead atoms. The summed E-state index contributed by atoms with van der Waals surface area (Å²) in [5.41, 5.74) is 3.23. The van der Waals surface area contributed by atoms with Crippen LogP contribution in [0.25, 0.3) is 22.3 Å². The molecule has 0 aliphatic carbocycles. The predicted molar refractivity (Wildman–Crippen MR) is 152 cm³/mol. The minimum absolute atomic E-state index is 0.0381. The number of ketones is 1. The van der Waals surface area contributed by atoms with Crippen LogP contribution in [0.1, 0.15) is 42.9 Å². The van der Waals surface area contributed by atoms with Crippen molar-refractivity contribution in [1.29, 1.82) is 0 Å². The fourth-order valence-corrected chi connectivity index (χ4v) is 4.61. The second-order valence-corrected chi connectivity index (χ2v) is 9.97. The third kappa shape index (κ3) is 6.46. The number of furan rings is 1. The first-order valence-electron chi connectivity index (χ1n) is 13.0. The summed E-state index contributed by atoms with van der Waals surface area (Å²) < 4.78 is 12.1. The summed E-state index contributed by atoms with van der Waals surface area (Å²) in [5.74, 6) is 2.34. The van der Waals surface area contributed by atoms with Crippen LogP contribution in [-0.4, -0.2) is 39.1 Å². The van der Waals surface area contributed by atoms with Gasteiger partial charge in [-0.15, -0.1) is 10.2 Å². The number of hydrogen-bond donors (Lipinski definition) is 2. The quantitative estimate of drug-likeness (QED) is 0.163. The smallest absolute Gasteiger partial charge is 0.175 e. The van der Waals surface area contributed by atoms with Crippen LogP contribution in [0.4, 0.5) is 5.69 Å². The molecule has 39 heavy (non-hydrogen) atoms. The third-order valence-corrected chi connectivity index (χ3v) is 7.23. The number of benzene rings is 3. The highest BCUT2D eigenvalue weighted by Crippen LogP contribution is 2.35. The Hall–Kier alpha value is -4.17. The highest BCUT2D eigenvalue weighted by molar-refractivity contribution is 6.33. The maximum absolute atomic E-state index is 12.5. The Balaban J connectivity index is 1.21. The van der Waals surface area contributed by atoms with Crippen molar-refractivity contribution >= 4 is 34.0 Å². The molecule has 3 aromatic carbocycles. The highest BCUT2D eigenvalue weighted by Gasteiger charge is 2.18. The molecule has 0 aliphatic rings. The van der Waals surface area contributed by atoms with Crippen LogP contribution in [0.2, 0.25) is 5.02 Å². The summed E-state index contributed by atoms with van der Waals surface area (Å²) in [4.78, 5) is 12.5. The van der Waals surface area contributed by atoms with Gasteiger partial charge in [0.15, 0.2) is 11.6 Å². The number of anilines is 1. The number of para-hydroxylation sites is 1. The molecule has 5 aromatic rings. The van der Waals surface area contributed by atoms with Crippen LogP contribution in [0.5, 0.6) is 5.75 Å². The van der Waals surface area contributed by atoms with E-state index < -0.39 is 0 Å². The van der Waals surface area contributed by atoms with Crippen LogP contribution in [0.3, 0.4) is 0 Å². The molecule has 9 heteroatoms. The number of tetrazole rings is 1. The zero-order chi connectivity index (χ0) is 27.2. The number of Topliss-reactive ketones (excluding diaryl/α,β-unsaturated/α-hetero) is 1. The minimum Gasteiger partial charge on any atom is -0.491 e. The predicted octanol–water partition coefficient (Wildman–Crippen LogP) is 6.99. The highest BCUT2D eigenvalue weighted by atomic mass is 35.5. The normalized spacial score (nSPS) is 12.8. The molecule has 0 aliphatic heterocycles. The number of carbonyl (C=O) groups is 1. The van der Waals surface area contributed by atoms with Gasteiger partial charge in [0.1, 0.15) is 23.7 Å². The minimum atomic E-state index is 0.0381. The number of aromatic amines is 1. The molecular formula is C30H30ClN5O3. The number of aromatic nitrogens is 4. The van der Waals surface area contributed by atoms with Crippen LogP contribution < -0.4 is 10.1 Å². The molecule has 2 N–H and O–H groups in total. The van der Waals surface area contributed by atoms with Gasteiger partial charge in [0.2, 0.25) is 0 Å². The maximum Gasteiger partial charge on any atom is 0.175 e. The Labute approximate surface area is 231 Å². The summed E-state index contributed by atoms with van der Waals surface area (Å²) >= 11 is 6.62. The van der Waals surface area contributed by atoms with Crippen LogP contribution in [-0.2, 0) is 6.42 Å². The number of aryl methyl sites for hydroxylation is 1. The van der Waals surface area contributed by atoms with Crippen molar-refractivity contribution in [2.24, 2.45) is 5.92 Å². The Kier molecular flexibility index (Phi) is 8.22. The van der Waals surface area contributed by atoms with Gasteiger partial charge >= 0.3 is 0 Å². The summed E-state index contributed by atoms with van der Waals surface area (Å²) in [7, 11) is 0. The molecule has 0 spiro atoms. The van der Waals surface area contributed by atoms with E-state index in [0.717, 1.165) is 34.4 Å². The Morgan fingerprint density at radius 3 is 2.64 bits per heavy atom. The number of carbonyl (C=O) groups excluding carboxylic acids is 1. The molecule has 0 amide bonds. The van der Waals surface area contributed by atoms with Gasteiger partial charge in [-0.3, -0.25) is 4.79 Å². The van der Waals surface area contributed by atoms with E-state index in [1.165, 1.54) is 0 Å². The fraction of sp³-hybridized carbons (Fsp3) is 0.267. The molecule has 0 fully saturated rings. The van der Waals surface area contributed by atoms with E-state index in [1.54, 1.807) is 0 Å². The summed E-state index contributed by atoms with van der Waals surface area (Å²) in [6.45, 7) is 4.80. The first-order chi connectivity index (χ1) is 19.0. The monoisotopic (exact) mass is 543 g/mol. The summed E-state index contributed by atoms with van der Waals surface area (Å²) in [6.07, 6.45) is 1.76. The van der Waals surface area contributed by atoms with Crippen LogP contribution >= 0.6 is 11.6 Å². The Morgan fingerprint density at radius 2 is 1.92 bits per heavy atom. The van der Waals surface area contributed by atoms with Crippen LogP contribution in [0, 0.1) is 5.92 Å². The van der Waals surface area contributed by atoms with Crippen molar-refractivity contribution in [3.8, 4) is 17.1 Å². The maximum atomic E-state index is 12.5. The molecule has 0 radical (unpaired) electrons. The molecule has 8 nitrogen and oxygen atoms in total. The van der Waals surface area contributed by atoms with Crippen molar-refractivity contribution in [1.82, 2.24) is 20.6 Å². The van der Waals surface area contributed by atoms with E-state index in [4.69, 9.17) is 20.8 Å². The number of ether oxygens (including phenoxy) is 1. The average Bonchev–Trinajstić information content (AvgIpc) is 3.64. The zero-order valence-electron chi connectivity index (χ0n) is 21.9. The molecule has 200 valence electrons. The van der Waals surface area contributed by atoms with E-state index in [9.17, 15) is 4.79 Å². The number of hydrogen-bond acceptors (Lipinski definition) is 7. The molecule has 0 saturated heterocycles. The fourth-order valence-electron chi connectivity index (χ4n) is 4.34. The molecule has 0 saturated carbocycles. The van der Waals surface area contributed by atoms with Gasteiger partial charge in [-0.1, -0.05) is 55.3 Å². The van der Waals surface area contributed by atoms with Crippen molar-refractivity contribution in [2.75, 3.05) is 11.9 Å². The number of fused-ring (bicyclic) bond motifs is 1. The zero-order valence-corrected chi connectivity index (χ0v) is 22.6. The van der Waals surface area contributed by atoms with Gasteiger partial charge in [-0.2, -0.15) is 5.21 Å². The van der Waals surface area contributed by atoms with E-state index in [0.29, 0.717) is 47.5 Å². The standard InChI is InChI=1S/C30H30ClN5O3/c1-3-19(2)26(32-22-10-8-20(9-11-22)27(37)14-15-30-33-35-36-34-30)18-38-23-12-13-24(25(31)17-23)29-16-21-6-4-5-7-28(21)39-29/h4-13,16-17,19,26,32H,3,14-15,18H2,1-2H3,(H,33,34,35,36)/t19-,26+/m0/s1. The van der Waals surface area contributed by atoms with Gasteiger partial charge in [0.25, 0.3) is 0 Å². The lowest BCUT2D eigenvalue weighted by Crippen LogP contribution is -2.33. The first kappa shape index (κ1) is 26.4. The average molecular weight is 544 g/mol.